The van der Waals surface area contributed by atoms with Gasteiger partial charge in [-0.25, -0.2) is 4.98 Å². The smallest absolute Gasteiger partial charge is 0.274 e. The Morgan fingerprint density at radius 2 is 2.16 bits per heavy atom. The first kappa shape index (κ1) is 13.6. The van der Waals surface area contributed by atoms with Gasteiger partial charge in [-0.15, -0.1) is 0 Å². The monoisotopic (exact) mass is 295 g/mol. The van der Waals surface area contributed by atoms with E-state index in [1.807, 2.05) is 0 Å². The lowest BCUT2D eigenvalue weighted by atomic mass is 10.2. The normalized spacial score (nSPS) is 10.4. The fourth-order valence-electron chi connectivity index (χ4n) is 1.53. The molecule has 0 saturated heterocycles. The van der Waals surface area contributed by atoms with Crippen molar-refractivity contribution >= 4 is 34.7 Å². The maximum absolute atomic E-state index is 10.9. The van der Waals surface area contributed by atoms with E-state index in [4.69, 9.17) is 17.3 Å². The van der Waals surface area contributed by atoms with E-state index in [1.54, 1.807) is 30.5 Å². The molecule has 2 aromatic rings. The molecule has 19 heavy (non-hydrogen) atoms. The Morgan fingerprint density at radius 1 is 1.37 bits per heavy atom. The van der Waals surface area contributed by atoms with E-state index in [1.165, 1.54) is 17.8 Å². The first-order valence-corrected chi connectivity index (χ1v) is 6.71. The molecule has 0 bridgehead atoms. The average molecular weight is 296 g/mol. The second-order valence-electron chi connectivity index (χ2n) is 3.68. The Morgan fingerprint density at radius 3 is 2.84 bits per heavy atom. The molecule has 0 fully saturated rings. The number of benzene rings is 1. The predicted octanol–water partition coefficient (Wildman–Crippen LogP) is 3.52. The van der Waals surface area contributed by atoms with Crippen molar-refractivity contribution in [2.24, 2.45) is 0 Å². The Bertz CT molecular complexity index is 622. The van der Waals surface area contributed by atoms with Gasteiger partial charge in [0, 0.05) is 18.0 Å². The van der Waals surface area contributed by atoms with Crippen LogP contribution in [0.25, 0.3) is 0 Å². The van der Waals surface area contributed by atoms with Crippen LogP contribution in [0.4, 0.5) is 11.4 Å². The molecular formula is C12H10ClN3O2S. The number of aromatic nitrogens is 1. The van der Waals surface area contributed by atoms with E-state index in [-0.39, 0.29) is 5.69 Å². The van der Waals surface area contributed by atoms with Crippen molar-refractivity contribution in [2.45, 2.75) is 10.8 Å². The van der Waals surface area contributed by atoms with Gasteiger partial charge in [0.25, 0.3) is 5.69 Å². The highest BCUT2D eigenvalue weighted by molar-refractivity contribution is 7.98. The fourth-order valence-corrected chi connectivity index (χ4v) is 2.80. The zero-order valence-electron chi connectivity index (χ0n) is 9.75. The van der Waals surface area contributed by atoms with Crippen LogP contribution in [0.5, 0.6) is 0 Å². The summed E-state index contributed by atoms with van der Waals surface area (Å²) in [5, 5.41) is 12.0. The highest BCUT2D eigenvalue weighted by Gasteiger charge is 2.17. The van der Waals surface area contributed by atoms with Crippen molar-refractivity contribution in [3.8, 4) is 0 Å². The summed E-state index contributed by atoms with van der Waals surface area (Å²) in [6.45, 7) is 0. The minimum Gasteiger partial charge on any atom is -0.397 e. The lowest BCUT2D eigenvalue weighted by Crippen LogP contribution is -1.96. The second kappa shape index (κ2) is 5.90. The van der Waals surface area contributed by atoms with Crippen molar-refractivity contribution in [2.75, 3.05) is 5.73 Å². The summed E-state index contributed by atoms with van der Waals surface area (Å²) in [6.07, 6.45) is 1.62. The molecule has 1 heterocycles. The topological polar surface area (TPSA) is 82.0 Å². The molecule has 0 spiro atoms. The van der Waals surface area contributed by atoms with Gasteiger partial charge in [0.05, 0.1) is 21.2 Å². The van der Waals surface area contributed by atoms with E-state index < -0.39 is 4.92 Å². The van der Waals surface area contributed by atoms with E-state index in [9.17, 15) is 10.1 Å². The molecule has 0 radical (unpaired) electrons. The maximum atomic E-state index is 10.9. The van der Waals surface area contributed by atoms with Gasteiger partial charge in [-0.05, 0) is 18.2 Å². The Kier molecular flexibility index (Phi) is 4.24. The van der Waals surface area contributed by atoms with Crippen molar-refractivity contribution < 1.29 is 4.92 Å². The third-order valence-electron chi connectivity index (χ3n) is 2.44. The summed E-state index contributed by atoms with van der Waals surface area (Å²) in [7, 11) is 0. The van der Waals surface area contributed by atoms with Crippen LogP contribution in [0.3, 0.4) is 0 Å². The molecule has 7 heteroatoms. The minimum atomic E-state index is -0.441. The molecule has 1 aromatic heterocycles. The lowest BCUT2D eigenvalue weighted by Gasteiger charge is -2.06. The van der Waals surface area contributed by atoms with Gasteiger partial charge in [0.2, 0.25) is 0 Å². The third kappa shape index (κ3) is 3.15. The van der Waals surface area contributed by atoms with E-state index >= 15 is 0 Å². The quantitative estimate of drug-likeness (QED) is 0.530. The number of nitrogen functional groups attached to an aromatic ring is 1. The second-order valence-corrected chi connectivity index (χ2v) is 5.05. The number of pyridine rings is 1. The van der Waals surface area contributed by atoms with Gasteiger partial charge in [-0.2, -0.15) is 0 Å². The molecule has 98 valence electrons. The van der Waals surface area contributed by atoms with Gasteiger partial charge in [0.15, 0.2) is 0 Å². The van der Waals surface area contributed by atoms with Gasteiger partial charge in [-0.1, -0.05) is 29.4 Å². The molecule has 0 amide bonds. The number of hydrogen-bond acceptors (Lipinski definition) is 5. The molecule has 0 aliphatic rings. The van der Waals surface area contributed by atoms with Crippen LogP contribution < -0.4 is 5.73 Å². The van der Waals surface area contributed by atoms with Crippen LogP contribution in [0.15, 0.2) is 41.6 Å². The zero-order chi connectivity index (χ0) is 13.8. The zero-order valence-corrected chi connectivity index (χ0v) is 11.3. The molecule has 0 saturated carbocycles. The predicted molar refractivity (Wildman–Crippen MR) is 76.3 cm³/mol. The largest absolute Gasteiger partial charge is 0.397 e. The van der Waals surface area contributed by atoms with Crippen molar-refractivity contribution in [3.05, 3.63) is 57.2 Å². The molecule has 0 aliphatic carbocycles. The number of nitro groups is 1. The summed E-state index contributed by atoms with van der Waals surface area (Å²) >= 11 is 7.33. The molecule has 2 rings (SSSR count). The maximum Gasteiger partial charge on any atom is 0.274 e. The van der Waals surface area contributed by atoms with Gasteiger partial charge >= 0.3 is 0 Å². The van der Waals surface area contributed by atoms with Crippen LogP contribution in [-0.2, 0) is 5.75 Å². The molecule has 2 N–H and O–H groups in total. The summed E-state index contributed by atoms with van der Waals surface area (Å²) in [6, 6.07) is 8.09. The van der Waals surface area contributed by atoms with Crippen molar-refractivity contribution in [1.82, 2.24) is 4.98 Å². The van der Waals surface area contributed by atoms with Gasteiger partial charge in [-0.3, -0.25) is 10.1 Å². The number of hydrogen-bond donors (Lipinski definition) is 1. The Hall–Kier alpha value is -1.79. The molecule has 5 nitrogen and oxygen atoms in total. The summed E-state index contributed by atoms with van der Waals surface area (Å²) in [5.41, 5.74) is 6.80. The van der Waals surface area contributed by atoms with E-state index in [2.05, 4.69) is 4.98 Å². The Balaban J connectivity index is 2.25. The van der Waals surface area contributed by atoms with Crippen LogP contribution in [0, 0.1) is 10.1 Å². The SMILES string of the molecule is Nc1cccnc1SCc1c(Cl)cccc1[N+](=O)[O-]. The van der Waals surface area contributed by atoms with Gasteiger partial charge in [0.1, 0.15) is 5.03 Å². The minimum absolute atomic E-state index is 0.00880. The molecule has 0 aliphatic heterocycles. The molecule has 0 unspecified atom stereocenters. The fraction of sp³-hybridized carbons (Fsp3) is 0.0833. The number of nitrogens with two attached hydrogens (primary N) is 1. The van der Waals surface area contributed by atoms with Gasteiger partial charge < -0.3 is 5.73 Å². The number of thioether (sulfide) groups is 1. The number of anilines is 1. The first-order chi connectivity index (χ1) is 9.09. The summed E-state index contributed by atoms with van der Waals surface area (Å²) < 4.78 is 0. The van der Waals surface area contributed by atoms with Crippen molar-refractivity contribution in [3.63, 3.8) is 0 Å². The number of nitrogens with zero attached hydrogens (tertiary/aromatic N) is 2. The highest BCUT2D eigenvalue weighted by atomic mass is 35.5. The standard InChI is InChI=1S/C12H10ClN3O2S/c13-9-3-1-5-11(16(17)18)8(9)7-19-12-10(14)4-2-6-15-12/h1-6H,7,14H2. The van der Waals surface area contributed by atoms with E-state index in [0.29, 0.717) is 27.1 Å². The average Bonchev–Trinajstić information content (AvgIpc) is 2.38. The molecule has 1 aromatic carbocycles. The summed E-state index contributed by atoms with van der Waals surface area (Å²) in [5.74, 6) is 0.344. The molecule has 0 atom stereocenters. The van der Waals surface area contributed by atoms with Crippen LogP contribution >= 0.6 is 23.4 Å². The van der Waals surface area contributed by atoms with Crippen LogP contribution in [0.1, 0.15) is 5.56 Å². The number of halogens is 1. The van der Waals surface area contributed by atoms with E-state index in [0.717, 1.165) is 0 Å². The lowest BCUT2D eigenvalue weighted by molar-refractivity contribution is -0.385. The third-order valence-corrected chi connectivity index (χ3v) is 3.85. The highest BCUT2D eigenvalue weighted by Crippen LogP contribution is 2.33. The molecular weight excluding hydrogens is 286 g/mol. The van der Waals surface area contributed by atoms with Crippen LogP contribution in [-0.4, -0.2) is 9.91 Å². The first-order valence-electron chi connectivity index (χ1n) is 5.34. The summed E-state index contributed by atoms with van der Waals surface area (Å²) in [4.78, 5) is 14.6. The van der Waals surface area contributed by atoms with Crippen molar-refractivity contribution in [1.29, 1.82) is 0 Å². The number of nitro benzene ring substituents is 1. The Labute approximate surface area is 118 Å². The number of rotatable bonds is 4. The van der Waals surface area contributed by atoms with Crippen LogP contribution in [0.2, 0.25) is 5.02 Å².